The van der Waals surface area contributed by atoms with E-state index in [0.29, 0.717) is 10.8 Å². The second-order valence-corrected chi connectivity index (χ2v) is 5.29. The molecule has 2 rings (SSSR count). The van der Waals surface area contributed by atoms with Crippen LogP contribution in [0, 0.1) is 5.41 Å². The highest BCUT2D eigenvalue weighted by Crippen LogP contribution is 2.32. The summed E-state index contributed by atoms with van der Waals surface area (Å²) in [6.45, 7) is 0. The van der Waals surface area contributed by atoms with Crippen LogP contribution < -0.4 is 16.2 Å². The maximum atomic E-state index is 7.52. The number of nitrogens with zero attached hydrogens (tertiary/aromatic N) is 1. The van der Waals surface area contributed by atoms with E-state index in [1.54, 1.807) is 6.07 Å². The van der Waals surface area contributed by atoms with Crippen molar-refractivity contribution in [3.8, 4) is 5.75 Å². The van der Waals surface area contributed by atoms with E-state index < -0.39 is 0 Å². The van der Waals surface area contributed by atoms with Gasteiger partial charge >= 0.3 is 0 Å². The highest BCUT2D eigenvalue weighted by molar-refractivity contribution is 8.13. The summed E-state index contributed by atoms with van der Waals surface area (Å²) in [5, 5.41) is 8.31. The van der Waals surface area contributed by atoms with E-state index >= 15 is 0 Å². The van der Waals surface area contributed by atoms with E-state index in [1.165, 1.54) is 11.8 Å². The molecule has 7 heteroatoms. The predicted molar refractivity (Wildman–Crippen MR) is 75.6 cm³/mol. The normalized spacial score (nSPS) is 16.8. The minimum absolute atomic E-state index is 0.0259. The molecule has 1 aliphatic rings. The number of rotatable bonds is 2. The van der Waals surface area contributed by atoms with E-state index in [4.69, 9.17) is 33.2 Å². The largest absolute Gasteiger partial charge is 0.489 e. The van der Waals surface area contributed by atoms with Crippen LogP contribution in [-0.2, 0) is 6.42 Å². The number of aliphatic imine (C=N–C) groups is 1. The van der Waals surface area contributed by atoms with Crippen molar-refractivity contribution in [3.63, 3.8) is 0 Å². The Morgan fingerprint density at radius 2 is 2.33 bits per heavy atom. The molecule has 1 aliphatic heterocycles. The highest BCUT2D eigenvalue weighted by Gasteiger charge is 2.23. The fraction of sp³-hybridized carbons (Fsp3) is 0.273. The van der Waals surface area contributed by atoms with Crippen LogP contribution in [0.25, 0.3) is 0 Å². The summed E-state index contributed by atoms with van der Waals surface area (Å²) >= 11 is 7.17. The molecule has 0 saturated heterocycles. The van der Waals surface area contributed by atoms with Gasteiger partial charge in [-0.25, -0.2) is 0 Å². The number of amidine groups is 1. The number of thioether (sulfide) groups is 1. The molecule has 0 saturated carbocycles. The van der Waals surface area contributed by atoms with Crippen molar-refractivity contribution in [2.45, 2.75) is 12.5 Å². The summed E-state index contributed by atoms with van der Waals surface area (Å²) in [6, 6.07) is 5.57. The van der Waals surface area contributed by atoms with Gasteiger partial charge in [0.25, 0.3) is 0 Å². The molecule has 0 amide bonds. The zero-order chi connectivity index (χ0) is 13.1. The highest BCUT2D eigenvalue weighted by atomic mass is 35.5. The first-order valence-electron chi connectivity index (χ1n) is 5.30. The summed E-state index contributed by atoms with van der Waals surface area (Å²) in [5.74, 6) is 1.38. The molecule has 1 aromatic carbocycles. The van der Waals surface area contributed by atoms with Crippen LogP contribution in [-0.4, -0.2) is 23.0 Å². The fourth-order valence-electron chi connectivity index (χ4n) is 1.70. The number of nitrogens with one attached hydrogen (secondary N) is 1. The summed E-state index contributed by atoms with van der Waals surface area (Å²) in [4.78, 5) is 3.64. The summed E-state index contributed by atoms with van der Waals surface area (Å²) in [7, 11) is 0. The SMILES string of the molecule is N=C(N=C(N)N)SCC1Cc2cc(Cl)ccc2O1. The first kappa shape index (κ1) is 13.0. The summed E-state index contributed by atoms with van der Waals surface area (Å²) in [5.41, 5.74) is 11.5. The van der Waals surface area contributed by atoms with E-state index in [9.17, 15) is 0 Å². The van der Waals surface area contributed by atoms with Crippen LogP contribution in [0.15, 0.2) is 23.2 Å². The number of halogens is 1. The van der Waals surface area contributed by atoms with Crippen molar-refractivity contribution >= 4 is 34.5 Å². The zero-order valence-corrected chi connectivity index (χ0v) is 11.1. The van der Waals surface area contributed by atoms with Crippen LogP contribution in [0.4, 0.5) is 0 Å². The molecule has 0 aliphatic carbocycles. The third kappa shape index (κ3) is 3.30. The molecular weight excluding hydrogens is 272 g/mol. The smallest absolute Gasteiger partial charge is 0.193 e. The Morgan fingerprint density at radius 1 is 1.56 bits per heavy atom. The third-order valence-electron chi connectivity index (χ3n) is 2.40. The lowest BCUT2D eigenvalue weighted by Crippen LogP contribution is -2.24. The number of guanidine groups is 1. The molecule has 96 valence electrons. The van der Waals surface area contributed by atoms with Crippen LogP contribution >= 0.6 is 23.4 Å². The van der Waals surface area contributed by atoms with Gasteiger partial charge in [0.15, 0.2) is 11.1 Å². The van der Waals surface area contributed by atoms with Gasteiger partial charge in [-0.05, 0) is 23.8 Å². The molecule has 0 radical (unpaired) electrons. The van der Waals surface area contributed by atoms with Crippen molar-refractivity contribution in [2.24, 2.45) is 16.5 Å². The third-order valence-corrected chi connectivity index (χ3v) is 3.54. The maximum Gasteiger partial charge on any atom is 0.193 e. The monoisotopic (exact) mass is 284 g/mol. The van der Waals surface area contributed by atoms with E-state index in [-0.39, 0.29) is 17.2 Å². The number of ether oxygens (including phenoxy) is 1. The van der Waals surface area contributed by atoms with Crippen LogP contribution in [0.5, 0.6) is 5.75 Å². The summed E-state index contributed by atoms with van der Waals surface area (Å²) in [6.07, 6.45) is 0.816. The molecule has 0 aromatic heterocycles. The van der Waals surface area contributed by atoms with Crippen molar-refractivity contribution in [1.82, 2.24) is 0 Å². The molecule has 5 N–H and O–H groups in total. The minimum atomic E-state index is -0.102. The lowest BCUT2D eigenvalue weighted by Gasteiger charge is -2.08. The molecule has 0 bridgehead atoms. The number of nitrogens with two attached hydrogens (primary N) is 2. The van der Waals surface area contributed by atoms with Gasteiger partial charge in [0, 0.05) is 17.2 Å². The number of fused-ring (bicyclic) bond motifs is 1. The Labute approximate surface area is 114 Å². The van der Waals surface area contributed by atoms with Gasteiger partial charge in [-0.15, -0.1) is 0 Å². The van der Waals surface area contributed by atoms with Gasteiger partial charge in [0.2, 0.25) is 0 Å². The average molecular weight is 285 g/mol. The Hall–Kier alpha value is -1.40. The van der Waals surface area contributed by atoms with Crippen molar-refractivity contribution < 1.29 is 4.74 Å². The van der Waals surface area contributed by atoms with Gasteiger partial charge in [-0.3, -0.25) is 5.41 Å². The van der Waals surface area contributed by atoms with Crippen molar-refractivity contribution in [2.75, 3.05) is 5.75 Å². The Balaban J connectivity index is 1.88. The average Bonchev–Trinajstić information content (AvgIpc) is 2.67. The zero-order valence-electron chi connectivity index (χ0n) is 9.52. The molecule has 1 unspecified atom stereocenters. The van der Waals surface area contributed by atoms with Crippen molar-refractivity contribution in [3.05, 3.63) is 28.8 Å². The standard InChI is InChI=1S/C11H13ClN4OS/c12-7-1-2-9-6(3-7)4-8(17-9)5-18-11(15)16-10(13)14/h1-3,8H,4-5H2,(H5,13,14,15,16). The Morgan fingerprint density at radius 3 is 3.06 bits per heavy atom. The minimum Gasteiger partial charge on any atom is -0.489 e. The number of hydrogen-bond acceptors (Lipinski definition) is 3. The lowest BCUT2D eigenvalue weighted by molar-refractivity contribution is 0.259. The number of benzene rings is 1. The molecule has 5 nitrogen and oxygen atoms in total. The summed E-state index contributed by atoms with van der Waals surface area (Å²) < 4.78 is 5.73. The van der Waals surface area contributed by atoms with E-state index in [2.05, 4.69) is 4.99 Å². The first-order chi connectivity index (χ1) is 8.54. The van der Waals surface area contributed by atoms with Gasteiger partial charge in [-0.2, -0.15) is 4.99 Å². The van der Waals surface area contributed by atoms with Crippen molar-refractivity contribution in [1.29, 1.82) is 5.41 Å². The van der Waals surface area contributed by atoms with Gasteiger partial charge in [-0.1, -0.05) is 23.4 Å². The molecule has 1 aromatic rings. The first-order valence-corrected chi connectivity index (χ1v) is 6.67. The molecule has 18 heavy (non-hydrogen) atoms. The Bertz CT molecular complexity index is 502. The molecule has 1 atom stereocenters. The second-order valence-electron chi connectivity index (χ2n) is 3.85. The van der Waals surface area contributed by atoms with Crippen LogP contribution in [0.2, 0.25) is 5.02 Å². The quantitative estimate of drug-likeness (QED) is 0.567. The second kappa shape index (κ2) is 5.49. The number of hydrogen-bond donors (Lipinski definition) is 3. The fourth-order valence-corrected chi connectivity index (χ4v) is 2.60. The maximum absolute atomic E-state index is 7.52. The van der Waals surface area contributed by atoms with Crippen LogP contribution in [0.1, 0.15) is 5.56 Å². The lowest BCUT2D eigenvalue weighted by atomic mass is 10.1. The van der Waals surface area contributed by atoms with E-state index in [0.717, 1.165) is 17.7 Å². The van der Waals surface area contributed by atoms with E-state index in [1.807, 2.05) is 12.1 Å². The van der Waals surface area contributed by atoms with Crippen LogP contribution in [0.3, 0.4) is 0 Å². The van der Waals surface area contributed by atoms with Gasteiger partial charge in [0.1, 0.15) is 11.9 Å². The topological polar surface area (TPSA) is 97.5 Å². The van der Waals surface area contributed by atoms with Gasteiger partial charge in [0.05, 0.1) is 0 Å². The molecule has 0 fully saturated rings. The Kier molecular flexibility index (Phi) is 3.98. The molecule has 0 spiro atoms. The molecular formula is C11H13ClN4OS. The van der Waals surface area contributed by atoms with Gasteiger partial charge < -0.3 is 16.2 Å². The molecule has 1 heterocycles. The predicted octanol–water partition coefficient (Wildman–Crippen LogP) is 1.58.